The number of hydrogen-bond donors (Lipinski definition) is 4. The maximum atomic E-state index is 13.8. The van der Waals surface area contributed by atoms with Crippen molar-refractivity contribution < 1.29 is 28.0 Å². The van der Waals surface area contributed by atoms with Crippen molar-refractivity contribution in [1.82, 2.24) is 14.6 Å². The number of thiazole rings is 1. The number of anilines is 1. The zero-order valence-electron chi connectivity index (χ0n) is 27.0. The molecule has 3 aromatic carbocycles. The molecule has 4 aromatic rings. The molecule has 0 radical (unpaired) electrons. The highest BCUT2D eigenvalue weighted by molar-refractivity contribution is 7.89. The van der Waals surface area contributed by atoms with Crippen molar-refractivity contribution in [3.8, 4) is 0 Å². The van der Waals surface area contributed by atoms with Gasteiger partial charge in [0.1, 0.15) is 10.6 Å². The summed E-state index contributed by atoms with van der Waals surface area (Å²) in [7, 11) is -4.08. The molecule has 5 N–H and O–H groups in total. The number of hydrogen-bond acceptors (Lipinski definition) is 9. The van der Waals surface area contributed by atoms with Gasteiger partial charge in [-0.2, -0.15) is 0 Å². The quantitative estimate of drug-likeness (QED) is 0.0716. The Labute approximate surface area is 284 Å². The molecular formula is C34H40N6O6S2. The third kappa shape index (κ3) is 9.08. The number of carbonyl (C=O) groups excluding carboxylic acids is 2. The first kappa shape index (κ1) is 34.8. The van der Waals surface area contributed by atoms with Gasteiger partial charge in [0, 0.05) is 30.8 Å². The Balaban J connectivity index is 1.28. The Bertz CT molecular complexity index is 1880. The molecule has 0 spiro atoms. The minimum Gasteiger partial charge on any atom is -0.444 e. The summed E-state index contributed by atoms with van der Waals surface area (Å²) in [5.74, 6) is -0.199. The van der Waals surface area contributed by atoms with Crippen molar-refractivity contribution in [1.29, 1.82) is 0 Å². The van der Waals surface area contributed by atoms with Crippen LogP contribution in [0, 0.1) is 5.92 Å². The van der Waals surface area contributed by atoms with Gasteiger partial charge >= 0.3 is 6.09 Å². The van der Waals surface area contributed by atoms with Gasteiger partial charge in [-0.05, 0) is 87.9 Å². The third-order valence-electron chi connectivity index (χ3n) is 7.84. The molecule has 0 aliphatic carbocycles. The molecule has 1 aliphatic rings. The summed E-state index contributed by atoms with van der Waals surface area (Å²) >= 11 is 1.40. The first-order chi connectivity index (χ1) is 22.8. The van der Waals surface area contributed by atoms with Crippen LogP contribution in [0.3, 0.4) is 0 Å². The number of likely N-dealkylation sites (tertiary alicyclic amines) is 1. The number of nitrogens with two attached hydrogens (primary N) is 1. The molecule has 0 saturated carbocycles. The summed E-state index contributed by atoms with van der Waals surface area (Å²) in [5.41, 5.74) is 7.60. The maximum Gasteiger partial charge on any atom is 0.410 e. The lowest BCUT2D eigenvalue weighted by Gasteiger charge is -2.33. The lowest BCUT2D eigenvalue weighted by Crippen LogP contribution is -2.42. The molecule has 14 heteroatoms. The Morgan fingerprint density at radius 2 is 1.81 bits per heavy atom. The Morgan fingerprint density at radius 3 is 2.52 bits per heavy atom. The summed E-state index contributed by atoms with van der Waals surface area (Å²) in [6.45, 7) is 6.50. The number of ether oxygens (including phenoxy) is 1. The number of carbonyl (C=O) groups is 2. The number of fused-ring (bicyclic) bond motifs is 1. The van der Waals surface area contributed by atoms with E-state index >= 15 is 0 Å². The minimum atomic E-state index is -4.08. The van der Waals surface area contributed by atoms with E-state index in [0.717, 1.165) is 15.8 Å². The molecule has 5 rings (SSSR count). The lowest BCUT2D eigenvalue weighted by atomic mass is 9.93. The minimum absolute atomic E-state index is 0.0116. The van der Waals surface area contributed by atoms with Crippen molar-refractivity contribution in [2.24, 2.45) is 16.8 Å². The van der Waals surface area contributed by atoms with Gasteiger partial charge in [-0.3, -0.25) is 4.79 Å². The van der Waals surface area contributed by atoms with E-state index in [1.807, 2.05) is 51.1 Å². The summed E-state index contributed by atoms with van der Waals surface area (Å²) in [6, 6.07) is 20.0. The average Bonchev–Trinajstić information content (AvgIpc) is 3.48. The van der Waals surface area contributed by atoms with Crippen LogP contribution in [0.1, 0.15) is 62.2 Å². The number of oxime groups is 1. The molecule has 1 saturated heterocycles. The van der Waals surface area contributed by atoms with Gasteiger partial charge in [-0.15, -0.1) is 11.3 Å². The number of nitrogens with zero attached hydrogens (tertiary/aromatic N) is 3. The normalized spacial score (nSPS) is 15.3. The van der Waals surface area contributed by atoms with E-state index in [0.29, 0.717) is 42.2 Å². The first-order valence-electron chi connectivity index (χ1n) is 15.6. The fraction of sp³-hybridized carbons (Fsp3) is 0.353. The number of benzene rings is 3. The molecule has 12 nitrogen and oxygen atoms in total. The molecular weight excluding hydrogens is 653 g/mol. The second-order valence-corrected chi connectivity index (χ2v) is 15.6. The number of rotatable bonds is 10. The fourth-order valence-corrected chi connectivity index (χ4v) is 7.82. The molecule has 48 heavy (non-hydrogen) atoms. The van der Waals surface area contributed by atoms with Crippen LogP contribution in [0.15, 0.2) is 82.8 Å². The Morgan fingerprint density at radius 1 is 1.08 bits per heavy atom. The van der Waals surface area contributed by atoms with Gasteiger partial charge < -0.3 is 25.9 Å². The number of nitrogens with one attached hydrogen (secondary N) is 2. The van der Waals surface area contributed by atoms with Crippen molar-refractivity contribution in [3.05, 3.63) is 88.9 Å². The van der Waals surface area contributed by atoms with E-state index in [-0.39, 0.29) is 41.5 Å². The first-order valence-corrected chi connectivity index (χ1v) is 17.9. The second-order valence-electron chi connectivity index (χ2n) is 12.8. The highest BCUT2D eigenvalue weighted by Crippen LogP contribution is 2.30. The van der Waals surface area contributed by atoms with E-state index in [4.69, 9.17) is 20.7 Å². The van der Waals surface area contributed by atoms with Crippen LogP contribution < -0.4 is 15.8 Å². The molecule has 1 aliphatic heterocycles. The predicted octanol–water partition coefficient (Wildman–Crippen LogP) is 5.63. The van der Waals surface area contributed by atoms with Crippen molar-refractivity contribution in [2.45, 2.75) is 63.0 Å². The summed E-state index contributed by atoms with van der Waals surface area (Å²) in [4.78, 5) is 31.7. The Hall–Kier alpha value is -4.53. The molecule has 1 aromatic heterocycles. The molecule has 0 bridgehead atoms. The molecule has 2 heterocycles. The number of aromatic nitrogens is 1. The lowest BCUT2D eigenvalue weighted by molar-refractivity contribution is -0.117. The number of para-hydroxylation sites is 1. The van der Waals surface area contributed by atoms with E-state index in [1.54, 1.807) is 35.2 Å². The predicted molar refractivity (Wildman–Crippen MR) is 186 cm³/mol. The van der Waals surface area contributed by atoms with E-state index in [2.05, 4.69) is 15.2 Å². The van der Waals surface area contributed by atoms with Crippen molar-refractivity contribution in [3.63, 3.8) is 0 Å². The van der Waals surface area contributed by atoms with Gasteiger partial charge in [-0.25, -0.2) is 22.9 Å². The monoisotopic (exact) mass is 692 g/mol. The van der Waals surface area contributed by atoms with Crippen LogP contribution >= 0.6 is 11.3 Å². The van der Waals surface area contributed by atoms with Crippen LogP contribution in [0.25, 0.3) is 10.2 Å². The summed E-state index contributed by atoms with van der Waals surface area (Å²) in [5, 5.41) is 15.6. The topological polar surface area (TPSA) is 176 Å². The summed E-state index contributed by atoms with van der Waals surface area (Å²) in [6.07, 6.45) is 1.48. The highest BCUT2D eigenvalue weighted by atomic mass is 32.2. The zero-order chi connectivity index (χ0) is 34.5. The van der Waals surface area contributed by atoms with E-state index < -0.39 is 21.7 Å². The van der Waals surface area contributed by atoms with Gasteiger partial charge in [0.15, 0.2) is 5.84 Å². The van der Waals surface area contributed by atoms with Gasteiger partial charge in [0.2, 0.25) is 15.9 Å². The average molecular weight is 693 g/mol. The second kappa shape index (κ2) is 14.7. The summed E-state index contributed by atoms with van der Waals surface area (Å²) < 4.78 is 36.8. The van der Waals surface area contributed by atoms with E-state index in [1.165, 1.54) is 23.5 Å². The van der Waals surface area contributed by atoms with Crippen LogP contribution in [-0.2, 0) is 26.0 Å². The van der Waals surface area contributed by atoms with Gasteiger partial charge in [-0.1, -0.05) is 41.6 Å². The van der Waals surface area contributed by atoms with Crippen LogP contribution in [0.4, 0.5) is 10.5 Å². The fourth-order valence-electron chi connectivity index (χ4n) is 5.49. The highest BCUT2D eigenvalue weighted by Gasteiger charge is 2.29. The van der Waals surface area contributed by atoms with Crippen LogP contribution in [-0.4, -0.2) is 60.0 Å². The zero-order valence-corrected chi connectivity index (χ0v) is 28.7. The van der Waals surface area contributed by atoms with Gasteiger partial charge in [0.05, 0.1) is 21.2 Å². The van der Waals surface area contributed by atoms with Crippen LogP contribution in [0.2, 0.25) is 0 Å². The Kier molecular flexibility index (Phi) is 10.7. The SMILES string of the molecule is CC(C)(C)OC(=O)N1CCC(CC(=O)Nc2cccc(S(=O)(=O)NC(Cc3cccc(C(N)=NO)c3)c3nc4ccccc4s3)c2)CC1. The molecule has 1 atom stereocenters. The van der Waals surface area contributed by atoms with Gasteiger partial charge in [0.25, 0.3) is 0 Å². The third-order valence-corrected chi connectivity index (χ3v) is 10.5. The standard InChI is InChI=1S/C34H40N6O6S2/c1-34(2,3)46-33(42)40-16-14-22(15-17-40)20-30(41)36-25-10-7-11-26(21-25)48(44,45)39-28(32-37-27-12-4-5-13-29(27)47-32)19-23-8-6-9-24(18-23)31(35)38-43/h4-13,18,21-22,28,39,43H,14-17,19-20H2,1-3H3,(H2,35,38)(H,36,41). The maximum absolute atomic E-state index is 13.8. The molecule has 254 valence electrons. The molecule has 2 amide bonds. The number of piperidine rings is 1. The number of sulfonamides is 1. The van der Waals surface area contributed by atoms with Crippen LogP contribution in [0.5, 0.6) is 0 Å². The largest absolute Gasteiger partial charge is 0.444 e. The molecule has 1 fully saturated rings. The van der Waals surface area contributed by atoms with Crippen molar-refractivity contribution >= 4 is 55.1 Å². The number of amidine groups is 1. The molecule has 1 unspecified atom stereocenters. The smallest absolute Gasteiger partial charge is 0.410 e. The number of amides is 2. The van der Waals surface area contributed by atoms with Crippen molar-refractivity contribution in [2.75, 3.05) is 18.4 Å². The van der Waals surface area contributed by atoms with E-state index in [9.17, 15) is 18.0 Å².